The van der Waals surface area contributed by atoms with E-state index in [9.17, 15) is 0 Å². The van der Waals surface area contributed by atoms with Gasteiger partial charge >= 0.3 is 0 Å². The average Bonchev–Trinajstić information content (AvgIpc) is 3.01. The zero-order chi connectivity index (χ0) is 13.6. The molecule has 0 radical (unpaired) electrons. The second-order valence-corrected chi connectivity index (χ2v) is 6.17. The van der Waals surface area contributed by atoms with Crippen molar-refractivity contribution in [2.75, 3.05) is 45.8 Å². The van der Waals surface area contributed by atoms with Crippen LogP contribution in [0.4, 0.5) is 0 Å². The van der Waals surface area contributed by atoms with Gasteiger partial charge in [-0.3, -0.25) is 4.90 Å². The van der Waals surface area contributed by atoms with Crippen LogP contribution in [-0.2, 0) is 6.42 Å². The van der Waals surface area contributed by atoms with Gasteiger partial charge < -0.3 is 10.2 Å². The van der Waals surface area contributed by atoms with Crippen LogP contribution in [0.3, 0.4) is 0 Å². The fourth-order valence-corrected chi connectivity index (χ4v) is 3.35. The third-order valence-corrected chi connectivity index (χ3v) is 4.67. The summed E-state index contributed by atoms with van der Waals surface area (Å²) in [6.45, 7) is 8.65. The molecular formula is C17H27N3. The molecule has 1 atom stereocenters. The first-order valence-electron chi connectivity index (χ1n) is 8.12. The molecule has 0 amide bonds. The maximum atomic E-state index is 3.61. The van der Waals surface area contributed by atoms with Gasteiger partial charge in [-0.25, -0.2) is 0 Å². The Morgan fingerprint density at radius 1 is 1.00 bits per heavy atom. The number of nitrogens with one attached hydrogen (secondary N) is 1. The van der Waals surface area contributed by atoms with E-state index in [2.05, 4.69) is 45.4 Å². The van der Waals surface area contributed by atoms with Gasteiger partial charge in [-0.2, -0.15) is 0 Å². The van der Waals surface area contributed by atoms with Gasteiger partial charge in [-0.1, -0.05) is 30.3 Å². The first-order valence-corrected chi connectivity index (χ1v) is 8.12. The maximum absolute atomic E-state index is 3.61. The van der Waals surface area contributed by atoms with E-state index in [1.165, 1.54) is 70.6 Å². The van der Waals surface area contributed by atoms with Crippen molar-refractivity contribution >= 4 is 0 Å². The summed E-state index contributed by atoms with van der Waals surface area (Å²) in [5.74, 6) is 0. The Morgan fingerprint density at radius 2 is 1.75 bits per heavy atom. The first-order chi connectivity index (χ1) is 9.90. The van der Waals surface area contributed by atoms with E-state index < -0.39 is 0 Å². The zero-order valence-electron chi connectivity index (χ0n) is 12.4. The van der Waals surface area contributed by atoms with E-state index in [-0.39, 0.29) is 0 Å². The third-order valence-electron chi connectivity index (χ3n) is 4.67. The van der Waals surface area contributed by atoms with Crippen LogP contribution < -0.4 is 5.32 Å². The Morgan fingerprint density at radius 3 is 2.45 bits per heavy atom. The molecule has 2 aliphatic heterocycles. The summed E-state index contributed by atoms with van der Waals surface area (Å²) in [7, 11) is 0. The smallest absolute Gasteiger partial charge is 0.0195 e. The fourth-order valence-electron chi connectivity index (χ4n) is 3.35. The minimum absolute atomic E-state index is 0.755. The SMILES string of the molecule is c1ccc(CCN2CCN(CC3CCCN3)CC2)cc1. The van der Waals surface area contributed by atoms with Gasteiger partial charge in [0.2, 0.25) is 0 Å². The quantitative estimate of drug-likeness (QED) is 0.879. The summed E-state index contributed by atoms with van der Waals surface area (Å²) in [6, 6.07) is 11.6. The van der Waals surface area contributed by atoms with Gasteiger partial charge in [0.05, 0.1) is 0 Å². The summed E-state index contributed by atoms with van der Waals surface area (Å²) in [5, 5.41) is 3.61. The first kappa shape index (κ1) is 14.1. The van der Waals surface area contributed by atoms with E-state index in [4.69, 9.17) is 0 Å². The van der Waals surface area contributed by atoms with Crippen molar-refractivity contribution in [3.63, 3.8) is 0 Å². The minimum Gasteiger partial charge on any atom is -0.313 e. The highest BCUT2D eigenvalue weighted by Gasteiger charge is 2.21. The van der Waals surface area contributed by atoms with Crippen LogP contribution in [0.25, 0.3) is 0 Å². The molecule has 1 N–H and O–H groups in total. The van der Waals surface area contributed by atoms with E-state index in [1.54, 1.807) is 0 Å². The lowest BCUT2D eigenvalue weighted by Gasteiger charge is -2.36. The molecule has 3 nitrogen and oxygen atoms in total. The monoisotopic (exact) mass is 273 g/mol. The van der Waals surface area contributed by atoms with Crippen LogP contribution in [-0.4, -0.2) is 61.7 Å². The normalized spacial score (nSPS) is 25.1. The van der Waals surface area contributed by atoms with Gasteiger partial charge in [0.1, 0.15) is 0 Å². The van der Waals surface area contributed by atoms with Crippen LogP contribution in [0.2, 0.25) is 0 Å². The summed E-state index contributed by atoms with van der Waals surface area (Å²) in [5.41, 5.74) is 1.46. The molecule has 0 aliphatic carbocycles. The molecule has 1 aromatic rings. The standard InChI is InChI=1S/C17H27N3/c1-2-5-16(6-3-1)8-10-19-11-13-20(14-12-19)15-17-7-4-9-18-17/h1-3,5-6,17-18H,4,7-15H2. The molecule has 2 aliphatic rings. The Balaban J connectivity index is 1.35. The summed E-state index contributed by atoms with van der Waals surface area (Å²) in [4.78, 5) is 5.26. The van der Waals surface area contributed by atoms with Crippen molar-refractivity contribution in [2.24, 2.45) is 0 Å². The van der Waals surface area contributed by atoms with E-state index in [1.807, 2.05) is 0 Å². The molecule has 1 aromatic carbocycles. The highest BCUT2D eigenvalue weighted by Crippen LogP contribution is 2.10. The lowest BCUT2D eigenvalue weighted by Crippen LogP contribution is -2.50. The number of nitrogens with zero attached hydrogens (tertiary/aromatic N) is 2. The van der Waals surface area contributed by atoms with Gasteiger partial charge in [0.25, 0.3) is 0 Å². The number of hydrogen-bond acceptors (Lipinski definition) is 3. The minimum atomic E-state index is 0.755. The van der Waals surface area contributed by atoms with Gasteiger partial charge in [0, 0.05) is 45.3 Å². The molecule has 110 valence electrons. The number of piperazine rings is 1. The van der Waals surface area contributed by atoms with Gasteiger partial charge in [-0.05, 0) is 31.4 Å². The molecule has 0 spiro atoms. The predicted molar refractivity (Wildman–Crippen MR) is 84.1 cm³/mol. The number of benzene rings is 1. The third kappa shape index (κ3) is 4.05. The van der Waals surface area contributed by atoms with Crippen molar-refractivity contribution in [3.8, 4) is 0 Å². The van der Waals surface area contributed by atoms with Crippen molar-refractivity contribution < 1.29 is 0 Å². The van der Waals surface area contributed by atoms with Crippen LogP contribution >= 0.6 is 0 Å². The molecule has 0 saturated carbocycles. The van der Waals surface area contributed by atoms with Crippen molar-refractivity contribution in [1.29, 1.82) is 0 Å². The van der Waals surface area contributed by atoms with Crippen LogP contribution in [0.15, 0.2) is 30.3 Å². The highest BCUT2D eigenvalue weighted by atomic mass is 15.3. The molecule has 2 saturated heterocycles. The lowest BCUT2D eigenvalue weighted by molar-refractivity contribution is 0.126. The topological polar surface area (TPSA) is 18.5 Å². The Labute approximate surface area is 123 Å². The van der Waals surface area contributed by atoms with Crippen LogP contribution in [0.1, 0.15) is 18.4 Å². The van der Waals surface area contributed by atoms with Crippen LogP contribution in [0.5, 0.6) is 0 Å². The molecule has 0 bridgehead atoms. The summed E-state index contributed by atoms with van der Waals surface area (Å²) in [6.07, 6.45) is 3.92. The molecule has 1 unspecified atom stereocenters. The van der Waals surface area contributed by atoms with E-state index >= 15 is 0 Å². The predicted octanol–water partition coefficient (Wildman–Crippen LogP) is 1.60. The Bertz CT molecular complexity index is 378. The van der Waals surface area contributed by atoms with Crippen molar-refractivity contribution in [2.45, 2.75) is 25.3 Å². The molecular weight excluding hydrogens is 246 g/mol. The molecule has 3 heteroatoms. The number of rotatable bonds is 5. The van der Waals surface area contributed by atoms with Gasteiger partial charge in [-0.15, -0.1) is 0 Å². The van der Waals surface area contributed by atoms with E-state index in [0.717, 1.165) is 6.04 Å². The van der Waals surface area contributed by atoms with Crippen molar-refractivity contribution in [1.82, 2.24) is 15.1 Å². The number of hydrogen-bond donors (Lipinski definition) is 1. The molecule has 0 aromatic heterocycles. The molecule has 20 heavy (non-hydrogen) atoms. The largest absolute Gasteiger partial charge is 0.313 e. The Hall–Kier alpha value is -0.900. The van der Waals surface area contributed by atoms with Gasteiger partial charge in [0.15, 0.2) is 0 Å². The fraction of sp³-hybridized carbons (Fsp3) is 0.647. The lowest BCUT2D eigenvalue weighted by atomic mass is 10.1. The second-order valence-electron chi connectivity index (χ2n) is 6.17. The van der Waals surface area contributed by atoms with E-state index in [0.29, 0.717) is 0 Å². The second kappa shape index (κ2) is 7.21. The molecule has 2 fully saturated rings. The van der Waals surface area contributed by atoms with Crippen molar-refractivity contribution in [3.05, 3.63) is 35.9 Å². The van der Waals surface area contributed by atoms with Crippen LogP contribution in [0, 0.1) is 0 Å². The summed E-state index contributed by atoms with van der Waals surface area (Å²) < 4.78 is 0. The molecule has 2 heterocycles. The Kier molecular flexibility index (Phi) is 5.06. The average molecular weight is 273 g/mol. The summed E-state index contributed by atoms with van der Waals surface area (Å²) >= 11 is 0. The molecule has 3 rings (SSSR count). The highest BCUT2D eigenvalue weighted by molar-refractivity contribution is 5.14. The maximum Gasteiger partial charge on any atom is 0.0195 e. The zero-order valence-corrected chi connectivity index (χ0v) is 12.4.